The van der Waals surface area contributed by atoms with Gasteiger partial charge in [-0.25, -0.2) is 4.98 Å². The van der Waals surface area contributed by atoms with Crippen LogP contribution >= 0.6 is 22.9 Å². The minimum atomic E-state index is -0.136. The van der Waals surface area contributed by atoms with Gasteiger partial charge in [0.2, 0.25) is 0 Å². The zero-order chi connectivity index (χ0) is 21.1. The van der Waals surface area contributed by atoms with E-state index in [1.54, 1.807) is 4.90 Å². The van der Waals surface area contributed by atoms with Crippen molar-refractivity contribution in [3.8, 4) is 5.75 Å². The Morgan fingerprint density at radius 2 is 2.10 bits per heavy atom. The number of hydrogen-bond acceptors (Lipinski definition) is 5. The molecule has 1 aliphatic rings. The zero-order valence-electron chi connectivity index (χ0n) is 17.1. The van der Waals surface area contributed by atoms with Crippen molar-refractivity contribution in [3.63, 3.8) is 0 Å². The van der Waals surface area contributed by atoms with E-state index in [2.05, 4.69) is 18.8 Å². The number of nitrogens with zero attached hydrogens (tertiary/aromatic N) is 2. The van der Waals surface area contributed by atoms with E-state index in [4.69, 9.17) is 21.1 Å². The first kappa shape index (κ1) is 21.1. The summed E-state index contributed by atoms with van der Waals surface area (Å²) in [6.45, 7) is 5.45. The van der Waals surface area contributed by atoms with Crippen molar-refractivity contribution < 1.29 is 14.3 Å². The molecule has 4 rings (SSSR count). The zero-order valence-corrected chi connectivity index (χ0v) is 18.7. The molecule has 1 saturated heterocycles. The minimum absolute atomic E-state index is 0.0230. The Bertz CT molecular complexity index is 1010. The highest BCUT2D eigenvalue weighted by Gasteiger charge is 2.26. The Labute approximate surface area is 185 Å². The van der Waals surface area contributed by atoms with Crippen LogP contribution < -0.4 is 9.64 Å². The molecule has 0 spiro atoms. The molecule has 1 atom stereocenters. The fourth-order valence-electron chi connectivity index (χ4n) is 3.45. The lowest BCUT2D eigenvalue weighted by molar-refractivity contribution is -0.120. The summed E-state index contributed by atoms with van der Waals surface area (Å²) in [5, 5.41) is 1.30. The van der Waals surface area contributed by atoms with Crippen LogP contribution in [0.1, 0.15) is 38.2 Å². The molecule has 1 aromatic heterocycles. The van der Waals surface area contributed by atoms with Crippen molar-refractivity contribution in [1.82, 2.24) is 4.98 Å². The summed E-state index contributed by atoms with van der Waals surface area (Å²) >= 11 is 7.57. The lowest BCUT2D eigenvalue weighted by atomic mass is 10.0. The summed E-state index contributed by atoms with van der Waals surface area (Å²) in [6, 6.07) is 13.4. The van der Waals surface area contributed by atoms with E-state index in [0.717, 1.165) is 29.7 Å². The van der Waals surface area contributed by atoms with Gasteiger partial charge in [-0.1, -0.05) is 48.9 Å². The quantitative estimate of drug-likeness (QED) is 0.471. The Hall–Kier alpha value is -2.15. The first-order valence-corrected chi connectivity index (χ1v) is 11.4. The van der Waals surface area contributed by atoms with Gasteiger partial charge in [0.05, 0.1) is 22.9 Å². The van der Waals surface area contributed by atoms with Gasteiger partial charge in [-0.3, -0.25) is 9.69 Å². The van der Waals surface area contributed by atoms with Crippen LogP contribution in [0.3, 0.4) is 0 Å². The standard InChI is InChI=1S/C23H25ClN2O3S/c1-15(2)16-5-8-18(9-6-16)29-14-22(27)26(13-19-4-3-11-28-19)23-25-20-10-7-17(24)12-21(20)30-23/h5-10,12,15,19H,3-4,11,13-14H2,1-2H3. The van der Waals surface area contributed by atoms with Crippen LogP contribution in [0.5, 0.6) is 5.75 Å². The van der Waals surface area contributed by atoms with Gasteiger partial charge in [-0.15, -0.1) is 0 Å². The molecule has 5 nitrogen and oxygen atoms in total. The van der Waals surface area contributed by atoms with Gasteiger partial charge in [0.15, 0.2) is 11.7 Å². The van der Waals surface area contributed by atoms with E-state index in [9.17, 15) is 4.79 Å². The lowest BCUT2D eigenvalue weighted by Gasteiger charge is -2.23. The maximum Gasteiger partial charge on any atom is 0.266 e. The molecule has 0 saturated carbocycles. The number of hydrogen-bond donors (Lipinski definition) is 0. The van der Waals surface area contributed by atoms with Gasteiger partial charge in [-0.2, -0.15) is 0 Å². The number of carbonyl (C=O) groups excluding carboxylic acids is 1. The molecule has 158 valence electrons. The summed E-state index contributed by atoms with van der Waals surface area (Å²) in [6.07, 6.45) is 1.98. The second kappa shape index (κ2) is 9.33. The maximum absolute atomic E-state index is 13.1. The van der Waals surface area contributed by atoms with Gasteiger partial charge in [0, 0.05) is 11.6 Å². The van der Waals surface area contributed by atoms with Gasteiger partial charge in [0.25, 0.3) is 5.91 Å². The summed E-state index contributed by atoms with van der Waals surface area (Å²) in [5.41, 5.74) is 2.07. The summed E-state index contributed by atoms with van der Waals surface area (Å²) in [5.74, 6) is 1.000. The van der Waals surface area contributed by atoms with Gasteiger partial charge >= 0.3 is 0 Å². The van der Waals surface area contributed by atoms with E-state index in [0.29, 0.717) is 28.4 Å². The summed E-state index contributed by atoms with van der Waals surface area (Å²) < 4.78 is 12.5. The van der Waals surface area contributed by atoms with Crippen LogP contribution in [0.25, 0.3) is 10.2 Å². The van der Waals surface area contributed by atoms with Crippen LogP contribution in [-0.4, -0.2) is 36.8 Å². The molecule has 0 N–H and O–H groups in total. The van der Waals surface area contributed by atoms with Gasteiger partial charge in [-0.05, 0) is 54.7 Å². The monoisotopic (exact) mass is 444 g/mol. The van der Waals surface area contributed by atoms with E-state index < -0.39 is 0 Å². The number of carbonyl (C=O) groups is 1. The summed E-state index contributed by atoms with van der Waals surface area (Å²) in [7, 11) is 0. The molecular formula is C23H25ClN2O3S. The second-order valence-corrected chi connectivity index (χ2v) is 9.21. The third-order valence-corrected chi connectivity index (χ3v) is 6.47. The third kappa shape index (κ3) is 4.94. The van der Waals surface area contributed by atoms with E-state index >= 15 is 0 Å². The van der Waals surface area contributed by atoms with Gasteiger partial charge in [0.1, 0.15) is 5.75 Å². The molecule has 1 unspecified atom stereocenters. The minimum Gasteiger partial charge on any atom is -0.484 e. The highest BCUT2D eigenvalue weighted by Crippen LogP contribution is 2.32. The normalized spacial score (nSPS) is 16.3. The number of aromatic nitrogens is 1. The number of rotatable bonds is 7. The maximum atomic E-state index is 13.1. The van der Waals surface area contributed by atoms with Crippen LogP contribution in [0.2, 0.25) is 5.02 Å². The predicted octanol–water partition coefficient (Wildman–Crippen LogP) is 5.66. The third-order valence-electron chi connectivity index (χ3n) is 5.19. The predicted molar refractivity (Wildman–Crippen MR) is 122 cm³/mol. The number of anilines is 1. The first-order chi connectivity index (χ1) is 14.5. The highest BCUT2D eigenvalue weighted by atomic mass is 35.5. The number of fused-ring (bicyclic) bond motifs is 1. The van der Waals surface area contributed by atoms with Gasteiger partial charge < -0.3 is 9.47 Å². The Kier molecular flexibility index (Phi) is 6.56. The average Bonchev–Trinajstić information content (AvgIpc) is 3.39. The molecule has 0 aliphatic carbocycles. The number of thiazole rings is 1. The van der Waals surface area contributed by atoms with Crippen LogP contribution in [-0.2, 0) is 9.53 Å². The van der Waals surface area contributed by atoms with Crippen molar-refractivity contribution in [3.05, 3.63) is 53.1 Å². The molecule has 3 aromatic rings. The van der Waals surface area contributed by atoms with Crippen molar-refractivity contribution in [2.45, 2.75) is 38.7 Å². The number of ether oxygens (including phenoxy) is 2. The molecule has 30 heavy (non-hydrogen) atoms. The molecule has 1 amide bonds. The second-order valence-electron chi connectivity index (χ2n) is 7.76. The van der Waals surface area contributed by atoms with E-state index in [1.807, 2.05) is 42.5 Å². The fourth-order valence-corrected chi connectivity index (χ4v) is 4.72. The molecule has 0 radical (unpaired) electrons. The number of halogens is 1. The average molecular weight is 445 g/mol. The Balaban J connectivity index is 1.51. The largest absolute Gasteiger partial charge is 0.484 e. The molecule has 0 bridgehead atoms. The Morgan fingerprint density at radius 3 is 2.80 bits per heavy atom. The van der Waals surface area contributed by atoms with Crippen LogP contribution in [0, 0.1) is 0 Å². The molecule has 1 fully saturated rings. The first-order valence-electron chi connectivity index (χ1n) is 10.2. The van der Waals surface area contributed by atoms with Crippen LogP contribution in [0.15, 0.2) is 42.5 Å². The van der Waals surface area contributed by atoms with Crippen LogP contribution in [0.4, 0.5) is 5.13 Å². The number of amides is 1. The molecular weight excluding hydrogens is 420 g/mol. The SMILES string of the molecule is CC(C)c1ccc(OCC(=O)N(CC2CCCO2)c2nc3ccc(Cl)cc3s2)cc1. The van der Waals surface area contributed by atoms with E-state index in [1.165, 1.54) is 16.9 Å². The fraction of sp³-hybridized carbons (Fsp3) is 0.391. The molecule has 2 aromatic carbocycles. The van der Waals surface area contributed by atoms with Crippen molar-refractivity contribution in [2.24, 2.45) is 0 Å². The highest BCUT2D eigenvalue weighted by molar-refractivity contribution is 7.22. The van der Waals surface area contributed by atoms with Crippen molar-refractivity contribution >= 4 is 44.2 Å². The molecule has 2 heterocycles. The van der Waals surface area contributed by atoms with Crippen molar-refractivity contribution in [2.75, 3.05) is 24.7 Å². The summed E-state index contributed by atoms with van der Waals surface area (Å²) in [4.78, 5) is 19.5. The Morgan fingerprint density at radius 1 is 1.30 bits per heavy atom. The molecule has 7 heteroatoms. The smallest absolute Gasteiger partial charge is 0.266 e. The topological polar surface area (TPSA) is 51.7 Å². The molecule has 1 aliphatic heterocycles. The lowest BCUT2D eigenvalue weighted by Crippen LogP contribution is -2.40. The van der Waals surface area contributed by atoms with E-state index in [-0.39, 0.29) is 18.6 Å². The number of benzene rings is 2. The van der Waals surface area contributed by atoms with Crippen molar-refractivity contribution in [1.29, 1.82) is 0 Å².